The lowest BCUT2D eigenvalue weighted by molar-refractivity contribution is 0.102. The van der Waals surface area contributed by atoms with Gasteiger partial charge in [0.25, 0.3) is 5.91 Å². The second-order valence-corrected chi connectivity index (χ2v) is 8.17. The summed E-state index contributed by atoms with van der Waals surface area (Å²) in [4.78, 5) is 12.6. The summed E-state index contributed by atoms with van der Waals surface area (Å²) in [5.41, 5.74) is 8.01. The van der Waals surface area contributed by atoms with Crippen LogP contribution >= 0.6 is 12.4 Å². The summed E-state index contributed by atoms with van der Waals surface area (Å²) >= 11 is 0. The van der Waals surface area contributed by atoms with Gasteiger partial charge in [-0.05, 0) is 56.7 Å². The summed E-state index contributed by atoms with van der Waals surface area (Å²) < 4.78 is 26.4. The van der Waals surface area contributed by atoms with E-state index >= 15 is 0 Å². The van der Waals surface area contributed by atoms with E-state index in [1.54, 1.807) is 38.1 Å². The van der Waals surface area contributed by atoms with E-state index in [4.69, 9.17) is 5.73 Å². The van der Waals surface area contributed by atoms with Crippen molar-refractivity contribution in [1.82, 2.24) is 4.31 Å². The topological polar surface area (TPSA) is 92.5 Å². The van der Waals surface area contributed by atoms with Gasteiger partial charge >= 0.3 is 0 Å². The van der Waals surface area contributed by atoms with Crippen molar-refractivity contribution in [2.24, 2.45) is 0 Å². The number of nitrogen functional groups attached to an aromatic ring is 1. The first-order valence-electron chi connectivity index (χ1n) is 7.88. The van der Waals surface area contributed by atoms with E-state index in [0.717, 1.165) is 5.56 Å². The number of aryl methyl sites for hydroxylation is 1. The first kappa shape index (κ1) is 22.0. The number of nitrogens with zero attached hydrogens (tertiary/aromatic N) is 1. The molecule has 0 fully saturated rings. The van der Waals surface area contributed by atoms with Gasteiger partial charge in [-0.25, -0.2) is 8.42 Å². The standard InChI is InChI=1S/C18H23N3O3S.ClH/c1-12(2)21(4)25(23,24)16-7-5-6-14(10-16)18(22)20-17-11-15(19)9-8-13(17)3;/h5-12H,19H2,1-4H3,(H,20,22);1H. The number of anilines is 2. The normalized spacial score (nSPS) is 11.3. The number of rotatable bonds is 5. The van der Waals surface area contributed by atoms with Crippen LogP contribution in [0.1, 0.15) is 29.8 Å². The summed E-state index contributed by atoms with van der Waals surface area (Å²) in [6.45, 7) is 5.43. The lowest BCUT2D eigenvalue weighted by Gasteiger charge is -2.21. The Labute approximate surface area is 160 Å². The zero-order valence-electron chi connectivity index (χ0n) is 15.2. The molecule has 0 aromatic heterocycles. The van der Waals surface area contributed by atoms with E-state index in [0.29, 0.717) is 11.4 Å². The quantitative estimate of drug-likeness (QED) is 0.757. The molecule has 1 amide bonds. The third-order valence-corrected chi connectivity index (χ3v) is 6.04. The number of carbonyl (C=O) groups excluding carboxylic acids is 1. The molecule has 2 aromatic carbocycles. The Bertz CT molecular complexity index is 898. The van der Waals surface area contributed by atoms with Gasteiger partial charge in [0.15, 0.2) is 0 Å². The van der Waals surface area contributed by atoms with Crippen LogP contribution < -0.4 is 11.1 Å². The molecule has 26 heavy (non-hydrogen) atoms. The predicted octanol–water partition coefficient (Wildman–Crippen LogP) is 3.28. The van der Waals surface area contributed by atoms with Gasteiger partial charge in [0, 0.05) is 30.0 Å². The van der Waals surface area contributed by atoms with Crippen molar-refractivity contribution in [1.29, 1.82) is 0 Å². The van der Waals surface area contributed by atoms with Crippen molar-refractivity contribution in [2.45, 2.75) is 31.7 Å². The molecule has 6 nitrogen and oxygen atoms in total. The maximum atomic E-state index is 12.6. The second-order valence-electron chi connectivity index (χ2n) is 6.17. The molecule has 0 radical (unpaired) electrons. The summed E-state index contributed by atoms with van der Waals surface area (Å²) in [6, 6.07) is 11.0. The zero-order valence-corrected chi connectivity index (χ0v) is 16.8. The molecule has 3 N–H and O–H groups in total. The highest BCUT2D eigenvalue weighted by atomic mass is 35.5. The van der Waals surface area contributed by atoms with Gasteiger partial charge in [-0.15, -0.1) is 12.4 Å². The van der Waals surface area contributed by atoms with Crippen molar-refractivity contribution in [2.75, 3.05) is 18.1 Å². The Kier molecular flexibility index (Phi) is 7.20. The lowest BCUT2D eigenvalue weighted by Crippen LogP contribution is -2.33. The van der Waals surface area contributed by atoms with Crippen LogP contribution in [0.15, 0.2) is 47.4 Å². The van der Waals surface area contributed by atoms with Crippen LogP contribution in [-0.2, 0) is 10.0 Å². The van der Waals surface area contributed by atoms with Gasteiger partial charge in [-0.2, -0.15) is 4.31 Å². The predicted molar refractivity (Wildman–Crippen MR) is 107 cm³/mol. The van der Waals surface area contributed by atoms with Crippen molar-refractivity contribution in [3.05, 3.63) is 53.6 Å². The van der Waals surface area contributed by atoms with E-state index in [-0.39, 0.29) is 28.9 Å². The third-order valence-electron chi connectivity index (χ3n) is 4.01. The minimum Gasteiger partial charge on any atom is -0.399 e. The summed E-state index contributed by atoms with van der Waals surface area (Å²) in [5, 5.41) is 2.77. The largest absolute Gasteiger partial charge is 0.399 e. The maximum absolute atomic E-state index is 12.6. The molecule has 0 aliphatic carbocycles. The van der Waals surface area contributed by atoms with Crippen LogP contribution in [0.2, 0.25) is 0 Å². The molecule has 0 aliphatic heterocycles. The van der Waals surface area contributed by atoms with Crippen molar-refractivity contribution < 1.29 is 13.2 Å². The SMILES string of the molecule is Cc1ccc(N)cc1NC(=O)c1cccc(S(=O)(=O)N(C)C(C)C)c1.Cl. The maximum Gasteiger partial charge on any atom is 0.255 e. The van der Waals surface area contributed by atoms with E-state index in [1.807, 2.05) is 13.0 Å². The Hall–Kier alpha value is -2.09. The first-order valence-corrected chi connectivity index (χ1v) is 9.32. The monoisotopic (exact) mass is 397 g/mol. The molecule has 0 atom stereocenters. The molecular formula is C18H24ClN3O3S. The summed E-state index contributed by atoms with van der Waals surface area (Å²) in [5.74, 6) is -0.391. The highest BCUT2D eigenvalue weighted by Gasteiger charge is 2.24. The van der Waals surface area contributed by atoms with Crippen molar-refractivity contribution >= 4 is 39.7 Å². The molecule has 0 bridgehead atoms. The number of amides is 1. The Balaban J connectivity index is 0.00000338. The summed E-state index contributed by atoms with van der Waals surface area (Å²) in [6.07, 6.45) is 0. The number of hydrogen-bond donors (Lipinski definition) is 2. The number of nitrogens with one attached hydrogen (secondary N) is 1. The minimum absolute atomic E-state index is 0. The third kappa shape index (κ3) is 4.75. The van der Waals surface area contributed by atoms with Crippen LogP contribution in [-0.4, -0.2) is 31.7 Å². The molecular weight excluding hydrogens is 374 g/mol. The van der Waals surface area contributed by atoms with Gasteiger partial charge in [0.2, 0.25) is 10.0 Å². The number of hydrogen-bond acceptors (Lipinski definition) is 4. The molecule has 0 spiro atoms. The van der Waals surface area contributed by atoms with Gasteiger partial charge < -0.3 is 11.1 Å². The molecule has 2 aromatic rings. The van der Waals surface area contributed by atoms with Crippen molar-refractivity contribution in [3.63, 3.8) is 0 Å². The van der Waals surface area contributed by atoms with Gasteiger partial charge in [0.05, 0.1) is 4.90 Å². The molecule has 8 heteroatoms. The number of nitrogens with two attached hydrogens (primary N) is 1. The second kappa shape index (κ2) is 8.53. The van der Waals surface area contributed by atoms with Gasteiger partial charge in [-0.3, -0.25) is 4.79 Å². The smallest absolute Gasteiger partial charge is 0.255 e. The molecule has 0 saturated heterocycles. The molecule has 0 heterocycles. The molecule has 2 rings (SSSR count). The van der Waals surface area contributed by atoms with E-state index in [1.165, 1.54) is 23.5 Å². The molecule has 0 unspecified atom stereocenters. The molecule has 0 aliphatic rings. The Morgan fingerprint density at radius 2 is 1.81 bits per heavy atom. The van der Waals surface area contributed by atoms with Crippen LogP contribution in [0.3, 0.4) is 0 Å². The highest BCUT2D eigenvalue weighted by molar-refractivity contribution is 7.89. The fourth-order valence-corrected chi connectivity index (χ4v) is 3.62. The van der Waals surface area contributed by atoms with Crippen molar-refractivity contribution in [3.8, 4) is 0 Å². The van der Waals surface area contributed by atoms with E-state index in [2.05, 4.69) is 5.32 Å². The lowest BCUT2D eigenvalue weighted by atomic mass is 10.1. The zero-order chi connectivity index (χ0) is 18.8. The molecule has 0 saturated carbocycles. The number of sulfonamides is 1. The number of carbonyl (C=O) groups is 1. The van der Waals surface area contributed by atoms with Crippen LogP contribution in [0, 0.1) is 6.92 Å². The van der Waals surface area contributed by atoms with Gasteiger partial charge in [0.1, 0.15) is 0 Å². The van der Waals surface area contributed by atoms with Crippen LogP contribution in [0.5, 0.6) is 0 Å². The number of halogens is 1. The Morgan fingerprint density at radius 3 is 2.42 bits per heavy atom. The average Bonchev–Trinajstić information content (AvgIpc) is 2.57. The molecule has 142 valence electrons. The fourth-order valence-electron chi connectivity index (χ4n) is 2.21. The van der Waals surface area contributed by atoms with Gasteiger partial charge in [-0.1, -0.05) is 12.1 Å². The number of benzene rings is 2. The van der Waals surface area contributed by atoms with Crippen LogP contribution in [0.4, 0.5) is 11.4 Å². The highest BCUT2D eigenvalue weighted by Crippen LogP contribution is 2.21. The minimum atomic E-state index is -3.65. The average molecular weight is 398 g/mol. The van der Waals surface area contributed by atoms with Crippen LogP contribution in [0.25, 0.3) is 0 Å². The fraction of sp³-hybridized carbons (Fsp3) is 0.278. The first-order chi connectivity index (χ1) is 11.6. The van der Waals surface area contributed by atoms with E-state index < -0.39 is 15.9 Å². The summed E-state index contributed by atoms with van der Waals surface area (Å²) in [7, 11) is -2.13. The Morgan fingerprint density at radius 1 is 1.15 bits per heavy atom. The van der Waals surface area contributed by atoms with E-state index in [9.17, 15) is 13.2 Å².